The maximum Gasteiger partial charge on any atom is 0.232 e. The Morgan fingerprint density at radius 2 is 2.32 bits per heavy atom. The third-order valence-electron chi connectivity index (χ3n) is 3.79. The lowest BCUT2D eigenvalue weighted by atomic mass is 9.98. The number of nitrogens with two attached hydrogens (primary N) is 1. The molecule has 4 heteroatoms. The van der Waals surface area contributed by atoms with Gasteiger partial charge >= 0.3 is 0 Å². The highest BCUT2D eigenvalue weighted by atomic mass is 16.5. The van der Waals surface area contributed by atoms with Gasteiger partial charge in [0.2, 0.25) is 5.91 Å². The first-order valence-corrected chi connectivity index (χ1v) is 6.85. The fourth-order valence-corrected chi connectivity index (χ4v) is 2.60. The lowest BCUT2D eigenvalue weighted by molar-refractivity contribution is -0.123. The Hall–Kier alpha value is -1.39. The van der Waals surface area contributed by atoms with Crippen LogP contribution in [0.4, 0.5) is 5.69 Å². The molecule has 0 bridgehead atoms. The predicted octanol–water partition coefficient (Wildman–Crippen LogP) is 1.92. The normalized spacial score (nSPS) is 22.5. The summed E-state index contributed by atoms with van der Waals surface area (Å²) in [6.07, 6.45) is 1.76. The van der Waals surface area contributed by atoms with E-state index in [4.69, 9.17) is 10.5 Å². The van der Waals surface area contributed by atoms with Gasteiger partial charge in [-0.2, -0.15) is 0 Å². The van der Waals surface area contributed by atoms with Crippen molar-refractivity contribution in [2.45, 2.75) is 32.4 Å². The van der Waals surface area contributed by atoms with Crippen LogP contribution in [0.15, 0.2) is 24.3 Å². The van der Waals surface area contributed by atoms with Gasteiger partial charge in [0.15, 0.2) is 0 Å². The molecule has 1 aliphatic heterocycles. The minimum atomic E-state index is -0.0171. The van der Waals surface area contributed by atoms with Crippen LogP contribution in [0.1, 0.15) is 25.3 Å². The summed E-state index contributed by atoms with van der Waals surface area (Å²) in [5.41, 5.74) is 7.57. The highest BCUT2D eigenvalue weighted by Gasteiger charge is 2.34. The number of hydrogen-bond acceptors (Lipinski definition) is 3. The number of carbonyl (C=O) groups excluding carboxylic acids is 1. The van der Waals surface area contributed by atoms with E-state index >= 15 is 0 Å². The summed E-state index contributed by atoms with van der Waals surface area (Å²) < 4.78 is 5.60. The van der Waals surface area contributed by atoms with Crippen LogP contribution in [-0.2, 0) is 16.1 Å². The van der Waals surface area contributed by atoms with Crippen LogP contribution in [-0.4, -0.2) is 25.7 Å². The minimum Gasteiger partial charge on any atom is -0.377 e. The van der Waals surface area contributed by atoms with Crippen molar-refractivity contribution in [2.75, 3.05) is 18.6 Å². The lowest BCUT2D eigenvalue weighted by Gasteiger charge is -2.24. The lowest BCUT2D eigenvalue weighted by Crippen LogP contribution is -2.36. The molecule has 1 heterocycles. The van der Waals surface area contributed by atoms with E-state index in [2.05, 4.69) is 6.92 Å². The van der Waals surface area contributed by atoms with Gasteiger partial charge in [0.25, 0.3) is 0 Å². The van der Waals surface area contributed by atoms with Gasteiger partial charge < -0.3 is 15.4 Å². The number of benzene rings is 1. The molecular formula is C15H22N2O2. The molecule has 2 rings (SSSR count). The Morgan fingerprint density at radius 1 is 1.53 bits per heavy atom. The second-order valence-corrected chi connectivity index (χ2v) is 4.98. The predicted molar refractivity (Wildman–Crippen MR) is 75.9 cm³/mol. The van der Waals surface area contributed by atoms with E-state index in [1.54, 1.807) is 4.90 Å². The summed E-state index contributed by atoms with van der Waals surface area (Å²) in [7, 11) is 1.82. The van der Waals surface area contributed by atoms with E-state index in [-0.39, 0.29) is 17.9 Å². The third-order valence-corrected chi connectivity index (χ3v) is 3.79. The zero-order valence-corrected chi connectivity index (χ0v) is 11.6. The number of carbonyl (C=O) groups is 1. The van der Waals surface area contributed by atoms with E-state index in [9.17, 15) is 4.79 Å². The van der Waals surface area contributed by atoms with Crippen LogP contribution >= 0.6 is 0 Å². The van der Waals surface area contributed by atoms with Crippen molar-refractivity contribution in [3.8, 4) is 0 Å². The van der Waals surface area contributed by atoms with Gasteiger partial charge in [-0.3, -0.25) is 4.79 Å². The van der Waals surface area contributed by atoms with Crippen molar-refractivity contribution in [1.82, 2.24) is 0 Å². The molecule has 1 fully saturated rings. The largest absolute Gasteiger partial charge is 0.377 e. The van der Waals surface area contributed by atoms with Gasteiger partial charge in [-0.25, -0.2) is 0 Å². The van der Waals surface area contributed by atoms with Crippen molar-refractivity contribution < 1.29 is 9.53 Å². The number of nitrogens with zero attached hydrogens (tertiary/aromatic N) is 1. The van der Waals surface area contributed by atoms with Crippen molar-refractivity contribution in [2.24, 2.45) is 11.7 Å². The smallest absolute Gasteiger partial charge is 0.232 e. The summed E-state index contributed by atoms with van der Waals surface area (Å²) in [5.74, 6) is 0.120. The van der Waals surface area contributed by atoms with Crippen molar-refractivity contribution >= 4 is 11.6 Å². The highest BCUT2D eigenvalue weighted by Crippen LogP contribution is 2.27. The molecule has 1 saturated heterocycles. The molecule has 0 aromatic heterocycles. The van der Waals surface area contributed by atoms with E-state index < -0.39 is 0 Å². The monoisotopic (exact) mass is 262 g/mol. The van der Waals surface area contributed by atoms with Gasteiger partial charge in [-0.15, -0.1) is 0 Å². The van der Waals surface area contributed by atoms with Crippen LogP contribution in [0.3, 0.4) is 0 Å². The van der Waals surface area contributed by atoms with Gasteiger partial charge in [0.05, 0.1) is 12.0 Å². The third kappa shape index (κ3) is 2.96. The van der Waals surface area contributed by atoms with E-state index in [0.29, 0.717) is 13.2 Å². The van der Waals surface area contributed by atoms with Crippen LogP contribution in [0.2, 0.25) is 0 Å². The first-order chi connectivity index (χ1) is 9.17. The number of ether oxygens (including phenoxy) is 1. The zero-order valence-electron chi connectivity index (χ0n) is 11.6. The summed E-state index contributed by atoms with van der Waals surface area (Å²) in [6.45, 7) is 3.23. The summed E-state index contributed by atoms with van der Waals surface area (Å²) in [5, 5.41) is 0. The molecule has 19 heavy (non-hydrogen) atoms. The molecule has 1 aliphatic rings. The number of anilines is 1. The standard InChI is InChI=1S/C15H22N2O2/c1-3-14-13(7-8-19-14)15(18)17(2)12-6-4-5-11(9-12)10-16/h4-6,9,13-14H,3,7-8,10,16H2,1-2H3. The fourth-order valence-electron chi connectivity index (χ4n) is 2.60. The SMILES string of the molecule is CCC1OCCC1C(=O)N(C)c1cccc(CN)c1. The van der Waals surface area contributed by atoms with Crippen LogP contribution < -0.4 is 10.6 Å². The first-order valence-electron chi connectivity index (χ1n) is 6.85. The zero-order chi connectivity index (χ0) is 13.8. The number of hydrogen-bond donors (Lipinski definition) is 1. The van der Waals surface area contributed by atoms with Gasteiger partial charge in [-0.1, -0.05) is 19.1 Å². The van der Waals surface area contributed by atoms with E-state index in [1.165, 1.54) is 0 Å². The Kier molecular flexibility index (Phi) is 4.56. The molecule has 1 aromatic carbocycles. The Labute approximate surface area is 114 Å². The molecule has 0 radical (unpaired) electrons. The maximum absolute atomic E-state index is 12.5. The second-order valence-electron chi connectivity index (χ2n) is 4.98. The Balaban J connectivity index is 2.13. The van der Waals surface area contributed by atoms with Crippen LogP contribution in [0, 0.1) is 5.92 Å². The summed E-state index contributed by atoms with van der Waals surface area (Å²) >= 11 is 0. The fraction of sp³-hybridized carbons (Fsp3) is 0.533. The molecular weight excluding hydrogens is 240 g/mol. The molecule has 1 amide bonds. The minimum absolute atomic E-state index is 0.0171. The molecule has 0 spiro atoms. The van der Waals surface area contributed by atoms with E-state index in [1.807, 2.05) is 31.3 Å². The average molecular weight is 262 g/mol. The Morgan fingerprint density at radius 3 is 3.00 bits per heavy atom. The molecule has 2 N–H and O–H groups in total. The first kappa shape index (κ1) is 14.0. The van der Waals surface area contributed by atoms with Crippen molar-refractivity contribution in [3.63, 3.8) is 0 Å². The molecule has 4 nitrogen and oxygen atoms in total. The van der Waals surface area contributed by atoms with Crippen molar-refractivity contribution in [3.05, 3.63) is 29.8 Å². The van der Waals surface area contributed by atoms with Gasteiger partial charge in [0.1, 0.15) is 0 Å². The molecule has 2 atom stereocenters. The quantitative estimate of drug-likeness (QED) is 0.902. The molecule has 0 aliphatic carbocycles. The topological polar surface area (TPSA) is 55.6 Å². The molecule has 2 unspecified atom stereocenters. The summed E-state index contributed by atoms with van der Waals surface area (Å²) in [4.78, 5) is 14.3. The molecule has 104 valence electrons. The van der Waals surface area contributed by atoms with Gasteiger partial charge in [0, 0.05) is 25.9 Å². The molecule has 1 aromatic rings. The average Bonchev–Trinajstić information content (AvgIpc) is 2.94. The molecule has 0 saturated carbocycles. The summed E-state index contributed by atoms with van der Waals surface area (Å²) in [6, 6.07) is 7.81. The van der Waals surface area contributed by atoms with E-state index in [0.717, 1.165) is 24.1 Å². The number of rotatable bonds is 4. The number of amides is 1. The van der Waals surface area contributed by atoms with Crippen molar-refractivity contribution in [1.29, 1.82) is 0 Å². The Bertz CT molecular complexity index is 448. The van der Waals surface area contributed by atoms with Crippen LogP contribution in [0.5, 0.6) is 0 Å². The highest BCUT2D eigenvalue weighted by molar-refractivity contribution is 5.95. The van der Waals surface area contributed by atoms with Gasteiger partial charge in [-0.05, 0) is 30.5 Å². The second kappa shape index (κ2) is 6.17. The maximum atomic E-state index is 12.5. The van der Waals surface area contributed by atoms with Crippen LogP contribution in [0.25, 0.3) is 0 Å².